The summed E-state index contributed by atoms with van der Waals surface area (Å²) in [4.78, 5) is 26.4. The Balaban J connectivity index is 2.39. The van der Waals surface area contributed by atoms with E-state index in [0.717, 1.165) is 5.56 Å². The van der Waals surface area contributed by atoms with Crippen LogP contribution in [0.2, 0.25) is 0 Å². The molecule has 1 aliphatic heterocycles. The van der Waals surface area contributed by atoms with Gasteiger partial charge >= 0.3 is 0 Å². The van der Waals surface area contributed by atoms with E-state index in [1.54, 1.807) is 0 Å². The smallest absolute Gasteiger partial charge is 0.240 e. The summed E-state index contributed by atoms with van der Waals surface area (Å²) in [5, 5.41) is 3.17. The Kier molecular flexibility index (Phi) is 4.19. The lowest BCUT2D eigenvalue weighted by Crippen LogP contribution is -2.37. The number of rotatable bonds is 4. The maximum atomic E-state index is 12.7. The summed E-state index contributed by atoms with van der Waals surface area (Å²) in [6.07, 6.45) is 0.287. The van der Waals surface area contributed by atoms with E-state index in [1.807, 2.05) is 59.0 Å². The fourth-order valence-corrected chi connectivity index (χ4v) is 2.65. The lowest BCUT2D eigenvalue weighted by Gasteiger charge is -2.26. The second-order valence-electron chi connectivity index (χ2n) is 6.39. The molecule has 21 heavy (non-hydrogen) atoms. The van der Waals surface area contributed by atoms with Crippen molar-refractivity contribution in [3.8, 4) is 0 Å². The highest BCUT2D eigenvalue weighted by molar-refractivity contribution is 6.22. The lowest BCUT2D eigenvalue weighted by atomic mass is 9.78. The van der Waals surface area contributed by atoms with Gasteiger partial charge in [-0.15, -0.1) is 0 Å². The van der Waals surface area contributed by atoms with Gasteiger partial charge in [0, 0.05) is 12.5 Å². The van der Waals surface area contributed by atoms with Crippen LogP contribution in [-0.4, -0.2) is 18.9 Å². The molecule has 0 aliphatic carbocycles. The average molecular weight is 288 g/mol. The number of hydrogen-bond donors (Lipinski definition) is 1. The van der Waals surface area contributed by atoms with E-state index in [2.05, 4.69) is 5.32 Å². The zero-order valence-electron chi connectivity index (χ0n) is 13.4. The highest BCUT2D eigenvalue weighted by Gasteiger charge is 2.50. The van der Waals surface area contributed by atoms with Crippen LogP contribution in [0.1, 0.15) is 45.7 Å². The number of nitrogens with zero attached hydrogens (tertiary/aromatic N) is 1. The predicted molar refractivity (Wildman–Crippen MR) is 84.0 cm³/mol. The third-order valence-electron chi connectivity index (χ3n) is 4.80. The summed E-state index contributed by atoms with van der Waals surface area (Å²) >= 11 is 0. The Morgan fingerprint density at radius 1 is 1.24 bits per heavy atom. The summed E-state index contributed by atoms with van der Waals surface area (Å²) in [5.41, 5.74) is 1.14. The third kappa shape index (κ3) is 2.60. The van der Waals surface area contributed by atoms with E-state index in [9.17, 15) is 9.59 Å². The molecule has 1 aromatic rings. The van der Waals surface area contributed by atoms with Gasteiger partial charge in [-0.2, -0.15) is 0 Å². The highest BCUT2D eigenvalue weighted by Crippen LogP contribution is 2.41. The van der Waals surface area contributed by atoms with Crippen LogP contribution in [0.3, 0.4) is 0 Å². The molecular formula is C17H24N2O2. The maximum absolute atomic E-state index is 12.7. The van der Waals surface area contributed by atoms with Crippen molar-refractivity contribution in [3.63, 3.8) is 0 Å². The van der Waals surface area contributed by atoms with Crippen LogP contribution in [0.25, 0.3) is 0 Å². The van der Waals surface area contributed by atoms with Gasteiger partial charge in [-0.25, -0.2) is 0 Å². The molecule has 1 N–H and O–H groups in total. The second kappa shape index (κ2) is 5.60. The predicted octanol–water partition coefficient (Wildman–Crippen LogP) is 2.89. The maximum Gasteiger partial charge on any atom is 0.240 e. The molecule has 1 fully saturated rings. The summed E-state index contributed by atoms with van der Waals surface area (Å²) in [5.74, 6) is -0.0550. The quantitative estimate of drug-likeness (QED) is 0.867. The van der Waals surface area contributed by atoms with Gasteiger partial charge in [0.05, 0.1) is 11.1 Å². The fraction of sp³-hybridized carbons (Fsp3) is 0.529. The van der Waals surface area contributed by atoms with Crippen LogP contribution in [0, 0.1) is 11.3 Å². The topological polar surface area (TPSA) is 49.4 Å². The molecule has 0 radical (unpaired) electrons. The molecule has 2 atom stereocenters. The first-order valence-electron chi connectivity index (χ1n) is 7.46. The minimum absolute atomic E-state index is 0.0863. The molecule has 1 heterocycles. The van der Waals surface area contributed by atoms with Crippen molar-refractivity contribution in [2.45, 2.75) is 40.2 Å². The Labute approximate surface area is 126 Å². The number of benzene rings is 1. The summed E-state index contributed by atoms with van der Waals surface area (Å²) < 4.78 is 0. The number of hydrogen-bond acceptors (Lipinski definition) is 3. The van der Waals surface area contributed by atoms with Crippen LogP contribution < -0.4 is 10.2 Å². The molecule has 2 rings (SSSR count). The van der Waals surface area contributed by atoms with Crippen molar-refractivity contribution < 1.29 is 9.59 Å². The normalized spacial score (nSPS) is 24.0. The number of carbonyl (C=O) groups is 2. The van der Waals surface area contributed by atoms with Crippen molar-refractivity contribution >= 4 is 17.5 Å². The molecule has 1 saturated heterocycles. The zero-order chi connectivity index (χ0) is 15.8. The number of nitrogens with one attached hydrogen (secondary N) is 1. The molecule has 0 bridgehead atoms. The Bertz CT molecular complexity index is 568. The van der Waals surface area contributed by atoms with Crippen molar-refractivity contribution in [2.75, 3.05) is 11.9 Å². The van der Waals surface area contributed by atoms with Gasteiger partial charge in [0.1, 0.15) is 0 Å². The molecule has 0 saturated carbocycles. The van der Waals surface area contributed by atoms with Gasteiger partial charge in [-0.05, 0) is 44.5 Å². The molecule has 0 aromatic heterocycles. The van der Waals surface area contributed by atoms with Crippen molar-refractivity contribution in [1.29, 1.82) is 0 Å². The zero-order valence-corrected chi connectivity index (χ0v) is 13.4. The van der Waals surface area contributed by atoms with Crippen molar-refractivity contribution in [2.24, 2.45) is 11.3 Å². The number of carbonyl (C=O) groups excluding carboxylic acids is 2. The monoisotopic (exact) mass is 288 g/mol. The summed E-state index contributed by atoms with van der Waals surface area (Å²) in [7, 11) is 1.89. The van der Waals surface area contributed by atoms with Gasteiger partial charge in [0.15, 0.2) is 0 Å². The molecule has 4 nitrogen and oxygen atoms in total. The lowest BCUT2D eigenvalue weighted by molar-refractivity contribution is -0.126. The third-order valence-corrected chi connectivity index (χ3v) is 4.80. The minimum atomic E-state index is -0.596. The van der Waals surface area contributed by atoms with Gasteiger partial charge in [0.25, 0.3) is 0 Å². The minimum Gasteiger partial charge on any atom is -0.313 e. The molecule has 1 aliphatic rings. The Morgan fingerprint density at radius 3 is 2.43 bits per heavy atom. The Morgan fingerprint density at radius 2 is 1.90 bits per heavy atom. The number of anilines is 1. The van der Waals surface area contributed by atoms with E-state index >= 15 is 0 Å². The highest BCUT2D eigenvalue weighted by atomic mass is 16.2. The molecule has 1 aromatic carbocycles. The molecule has 2 amide bonds. The Hall–Kier alpha value is -1.68. The first-order valence-corrected chi connectivity index (χ1v) is 7.46. The average Bonchev–Trinajstić information content (AvgIpc) is 2.69. The van der Waals surface area contributed by atoms with Gasteiger partial charge in [0.2, 0.25) is 11.8 Å². The number of amides is 2. The summed E-state index contributed by atoms with van der Waals surface area (Å²) in [6.45, 7) is 7.92. The van der Waals surface area contributed by atoms with Crippen LogP contribution in [0.4, 0.5) is 5.69 Å². The first kappa shape index (κ1) is 15.7. The second-order valence-corrected chi connectivity index (χ2v) is 6.39. The van der Waals surface area contributed by atoms with Gasteiger partial charge in [-0.3, -0.25) is 14.5 Å². The van der Waals surface area contributed by atoms with Crippen LogP contribution >= 0.6 is 0 Å². The van der Waals surface area contributed by atoms with E-state index in [-0.39, 0.29) is 30.2 Å². The molecular weight excluding hydrogens is 264 g/mol. The first-order chi connectivity index (χ1) is 9.81. The number of imide groups is 1. The van der Waals surface area contributed by atoms with E-state index in [0.29, 0.717) is 5.69 Å². The van der Waals surface area contributed by atoms with Crippen molar-refractivity contribution in [1.82, 2.24) is 5.32 Å². The van der Waals surface area contributed by atoms with Gasteiger partial charge < -0.3 is 5.32 Å². The van der Waals surface area contributed by atoms with Crippen molar-refractivity contribution in [3.05, 3.63) is 29.8 Å². The largest absolute Gasteiger partial charge is 0.313 e. The molecule has 0 spiro atoms. The SMILES string of the molecule is CNC(C)c1cccc(N2C(=O)CC(C)(C(C)C)C2=O)c1. The summed E-state index contributed by atoms with van der Waals surface area (Å²) in [6, 6.07) is 7.81. The fourth-order valence-electron chi connectivity index (χ4n) is 2.65. The van der Waals surface area contributed by atoms with Gasteiger partial charge in [-0.1, -0.05) is 26.0 Å². The molecule has 2 unspecified atom stereocenters. The van der Waals surface area contributed by atoms with E-state index < -0.39 is 5.41 Å². The van der Waals surface area contributed by atoms with Crippen LogP contribution in [-0.2, 0) is 9.59 Å². The van der Waals surface area contributed by atoms with E-state index in [1.165, 1.54) is 4.90 Å². The standard InChI is InChI=1S/C17H24N2O2/c1-11(2)17(4)10-15(20)19(16(17)21)14-8-6-7-13(9-14)12(3)18-5/h6-9,11-12,18H,10H2,1-5H3. The molecule has 114 valence electrons. The van der Waals surface area contributed by atoms with Crippen LogP contribution in [0.5, 0.6) is 0 Å². The van der Waals surface area contributed by atoms with Crippen LogP contribution in [0.15, 0.2) is 24.3 Å². The van der Waals surface area contributed by atoms with E-state index in [4.69, 9.17) is 0 Å². The molecule has 4 heteroatoms.